The summed E-state index contributed by atoms with van der Waals surface area (Å²) in [6, 6.07) is 11.7. The lowest BCUT2D eigenvalue weighted by Gasteiger charge is -2.39. The first-order valence-electron chi connectivity index (χ1n) is 7.82. The molecule has 1 spiro atoms. The Kier molecular flexibility index (Phi) is 3.31. The fourth-order valence-electron chi connectivity index (χ4n) is 3.42. The number of anilines is 1. The molecule has 0 bridgehead atoms. The second-order valence-electron chi connectivity index (χ2n) is 6.04. The molecular weight excluding hydrogens is 325 g/mol. The van der Waals surface area contributed by atoms with Crippen LogP contribution >= 0.6 is 0 Å². The maximum atomic E-state index is 13.1. The van der Waals surface area contributed by atoms with Crippen LogP contribution < -0.4 is 15.5 Å². The highest BCUT2D eigenvalue weighted by molar-refractivity contribution is 6.11. The smallest absolute Gasteiger partial charge is 0.319 e. The lowest BCUT2D eigenvalue weighted by Crippen LogP contribution is -2.52. The molecule has 0 aliphatic carbocycles. The molecule has 0 saturated carbocycles. The Morgan fingerprint density at radius 1 is 1.08 bits per heavy atom. The Labute approximate surface area is 142 Å². The van der Waals surface area contributed by atoms with Crippen LogP contribution in [0.2, 0.25) is 0 Å². The van der Waals surface area contributed by atoms with Crippen molar-refractivity contribution in [2.75, 3.05) is 11.4 Å². The van der Waals surface area contributed by atoms with Gasteiger partial charge in [0.15, 0.2) is 0 Å². The lowest BCUT2D eigenvalue weighted by atomic mass is 9.82. The van der Waals surface area contributed by atoms with E-state index in [1.807, 2.05) is 0 Å². The van der Waals surface area contributed by atoms with Crippen LogP contribution in [0, 0.1) is 5.82 Å². The van der Waals surface area contributed by atoms with Crippen molar-refractivity contribution in [1.82, 2.24) is 10.6 Å². The fraction of sp³-hybridized carbons (Fsp3) is 0.167. The molecule has 25 heavy (non-hydrogen) atoms. The zero-order chi connectivity index (χ0) is 17.6. The number of hydrogen-bond acceptors (Lipinski definition) is 3. The molecule has 2 aromatic rings. The molecular formula is C18H14FN3O3. The molecule has 2 N–H and O–H groups in total. The monoisotopic (exact) mass is 339 g/mol. The minimum atomic E-state index is -1.16. The minimum Gasteiger partial charge on any atom is -0.319 e. The van der Waals surface area contributed by atoms with Gasteiger partial charge in [-0.3, -0.25) is 14.9 Å². The first-order valence-corrected chi connectivity index (χ1v) is 7.82. The summed E-state index contributed by atoms with van der Waals surface area (Å²) in [4.78, 5) is 38.4. The third-order valence-corrected chi connectivity index (χ3v) is 4.64. The third kappa shape index (κ3) is 2.27. The highest BCUT2D eigenvalue weighted by Gasteiger charge is 2.51. The van der Waals surface area contributed by atoms with Crippen LogP contribution in [0.1, 0.15) is 22.3 Å². The van der Waals surface area contributed by atoms with Gasteiger partial charge in [-0.1, -0.05) is 18.2 Å². The topological polar surface area (TPSA) is 78.5 Å². The van der Waals surface area contributed by atoms with E-state index in [1.165, 1.54) is 24.3 Å². The van der Waals surface area contributed by atoms with E-state index in [0.717, 1.165) is 0 Å². The number of fused-ring (bicyclic) bond motifs is 2. The van der Waals surface area contributed by atoms with Crippen molar-refractivity contribution in [2.45, 2.75) is 12.0 Å². The minimum absolute atomic E-state index is 0.251. The van der Waals surface area contributed by atoms with E-state index in [4.69, 9.17) is 0 Å². The summed E-state index contributed by atoms with van der Waals surface area (Å²) in [6.07, 6.45) is 0.258. The van der Waals surface area contributed by atoms with Crippen molar-refractivity contribution < 1.29 is 18.8 Å². The van der Waals surface area contributed by atoms with Gasteiger partial charge in [0.25, 0.3) is 11.8 Å². The number of benzene rings is 2. The Morgan fingerprint density at radius 2 is 1.80 bits per heavy atom. The van der Waals surface area contributed by atoms with Crippen LogP contribution in [0.15, 0.2) is 48.5 Å². The zero-order valence-corrected chi connectivity index (χ0v) is 13.1. The Morgan fingerprint density at radius 3 is 2.48 bits per heavy atom. The van der Waals surface area contributed by atoms with E-state index >= 15 is 0 Å². The lowest BCUT2D eigenvalue weighted by molar-refractivity contribution is -0.124. The standard InChI is InChI=1S/C18H14FN3O3/c19-12-7-5-11(6-8-12)15(23)22-10-9-18(16(24)20-17(25)21-18)13-3-1-2-4-14(13)22/h1-8H,9-10H2,(H2,20,21,24,25). The SMILES string of the molecule is O=C1NC(=O)C2(CCN(C(=O)c3ccc(F)cc3)c3ccccc32)N1. The molecule has 2 heterocycles. The number of rotatable bonds is 1. The van der Waals surface area contributed by atoms with Gasteiger partial charge >= 0.3 is 6.03 Å². The number of amides is 4. The number of halogens is 1. The molecule has 4 rings (SSSR count). The fourth-order valence-corrected chi connectivity index (χ4v) is 3.42. The first-order chi connectivity index (χ1) is 12.0. The van der Waals surface area contributed by atoms with Gasteiger partial charge in [-0.2, -0.15) is 0 Å². The van der Waals surface area contributed by atoms with Crippen LogP contribution in [0.4, 0.5) is 14.9 Å². The highest BCUT2D eigenvalue weighted by Crippen LogP contribution is 2.40. The van der Waals surface area contributed by atoms with E-state index in [2.05, 4.69) is 10.6 Å². The van der Waals surface area contributed by atoms with E-state index in [0.29, 0.717) is 16.8 Å². The molecule has 2 aromatic carbocycles. The molecule has 2 aliphatic rings. The molecule has 4 amide bonds. The average molecular weight is 339 g/mol. The highest BCUT2D eigenvalue weighted by atomic mass is 19.1. The molecule has 1 atom stereocenters. The second kappa shape index (κ2) is 5.41. The van der Waals surface area contributed by atoms with Crippen molar-refractivity contribution in [3.63, 3.8) is 0 Å². The average Bonchev–Trinajstić information content (AvgIpc) is 2.90. The number of para-hydroxylation sites is 1. The normalized spacial score (nSPS) is 21.7. The number of imide groups is 1. The van der Waals surface area contributed by atoms with Gasteiger partial charge in [-0.25, -0.2) is 9.18 Å². The van der Waals surface area contributed by atoms with E-state index < -0.39 is 23.3 Å². The van der Waals surface area contributed by atoms with Gasteiger partial charge in [-0.05, 0) is 30.3 Å². The van der Waals surface area contributed by atoms with E-state index in [1.54, 1.807) is 29.2 Å². The molecule has 1 fully saturated rings. The Balaban J connectivity index is 1.77. The predicted octanol–water partition coefficient (Wildman–Crippen LogP) is 1.91. The van der Waals surface area contributed by atoms with Crippen LogP contribution in [-0.2, 0) is 10.3 Å². The summed E-state index contributed by atoms with van der Waals surface area (Å²) in [5, 5.41) is 4.96. The van der Waals surface area contributed by atoms with Gasteiger partial charge in [0.2, 0.25) is 0 Å². The molecule has 0 aromatic heterocycles. The zero-order valence-electron chi connectivity index (χ0n) is 13.1. The van der Waals surface area contributed by atoms with Gasteiger partial charge in [0, 0.05) is 24.1 Å². The third-order valence-electron chi connectivity index (χ3n) is 4.64. The molecule has 2 aliphatic heterocycles. The summed E-state index contributed by atoms with van der Waals surface area (Å²) in [5.74, 6) is -1.12. The molecule has 1 unspecified atom stereocenters. The van der Waals surface area contributed by atoms with Crippen molar-refractivity contribution in [3.8, 4) is 0 Å². The van der Waals surface area contributed by atoms with Gasteiger partial charge in [0.05, 0.1) is 5.69 Å². The predicted molar refractivity (Wildman–Crippen MR) is 87.5 cm³/mol. The largest absolute Gasteiger partial charge is 0.322 e. The second-order valence-corrected chi connectivity index (χ2v) is 6.04. The first kappa shape index (κ1) is 15.3. The summed E-state index contributed by atoms with van der Waals surface area (Å²) in [6.45, 7) is 0.251. The number of nitrogens with zero attached hydrogens (tertiary/aromatic N) is 1. The summed E-state index contributed by atoms with van der Waals surface area (Å²) in [5.41, 5.74) is 0.320. The van der Waals surface area contributed by atoms with Crippen molar-refractivity contribution >= 4 is 23.5 Å². The number of carbonyl (C=O) groups excluding carboxylic acids is 3. The Bertz CT molecular complexity index is 897. The maximum Gasteiger partial charge on any atom is 0.322 e. The summed E-state index contributed by atoms with van der Waals surface area (Å²) in [7, 11) is 0. The van der Waals surface area contributed by atoms with Crippen molar-refractivity contribution in [2.24, 2.45) is 0 Å². The summed E-state index contributed by atoms with van der Waals surface area (Å²) >= 11 is 0. The molecule has 126 valence electrons. The van der Waals surface area contributed by atoms with E-state index in [-0.39, 0.29) is 18.9 Å². The quantitative estimate of drug-likeness (QED) is 0.779. The van der Waals surface area contributed by atoms with Gasteiger partial charge in [-0.15, -0.1) is 0 Å². The van der Waals surface area contributed by atoms with Crippen LogP contribution in [0.25, 0.3) is 0 Å². The molecule has 1 saturated heterocycles. The number of urea groups is 1. The van der Waals surface area contributed by atoms with E-state index in [9.17, 15) is 18.8 Å². The van der Waals surface area contributed by atoms with Gasteiger partial charge in [0.1, 0.15) is 11.4 Å². The van der Waals surface area contributed by atoms with Crippen molar-refractivity contribution in [1.29, 1.82) is 0 Å². The van der Waals surface area contributed by atoms with Gasteiger partial charge < -0.3 is 10.2 Å². The number of carbonyl (C=O) groups is 3. The maximum absolute atomic E-state index is 13.1. The Hall–Kier alpha value is -3.22. The van der Waals surface area contributed by atoms with Crippen LogP contribution in [0.5, 0.6) is 0 Å². The molecule has 7 heteroatoms. The van der Waals surface area contributed by atoms with Crippen molar-refractivity contribution in [3.05, 3.63) is 65.5 Å². The van der Waals surface area contributed by atoms with Crippen LogP contribution in [0.3, 0.4) is 0 Å². The number of hydrogen-bond donors (Lipinski definition) is 2. The molecule has 0 radical (unpaired) electrons. The number of nitrogens with one attached hydrogen (secondary N) is 2. The molecule has 6 nitrogen and oxygen atoms in total. The summed E-state index contributed by atoms with van der Waals surface area (Å²) < 4.78 is 13.1. The van der Waals surface area contributed by atoms with Crippen LogP contribution in [-0.4, -0.2) is 24.4 Å².